The number of fused-ring (bicyclic) bond motifs is 6. The van der Waals surface area contributed by atoms with Crippen molar-refractivity contribution in [2.75, 3.05) is 14.1 Å². The highest BCUT2D eigenvalue weighted by Gasteiger charge is 2.38. The van der Waals surface area contributed by atoms with E-state index in [9.17, 15) is 0 Å². The molecule has 0 unspecified atom stereocenters. The number of rotatable bonds is 0. The molecule has 6 heteroatoms. The van der Waals surface area contributed by atoms with Crippen LogP contribution in [0, 0.1) is 0 Å². The van der Waals surface area contributed by atoms with E-state index in [4.69, 9.17) is 17.7 Å². The molecule has 4 aromatic rings. The molecule has 6 nitrogen and oxygen atoms in total. The molecule has 0 spiro atoms. The lowest BCUT2D eigenvalue weighted by Crippen LogP contribution is -2.19. The van der Waals surface area contributed by atoms with Gasteiger partial charge in [0.05, 0.1) is 23.7 Å². The van der Waals surface area contributed by atoms with Gasteiger partial charge in [-0.3, -0.25) is 9.98 Å². The molecule has 22 heavy (non-hydrogen) atoms. The summed E-state index contributed by atoms with van der Waals surface area (Å²) >= 11 is 0. The van der Waals surface area contributed by atoms with Crippen molar-refractivity contribution in [3.8, 4) is 0 Å². The SMILES string of the molecule is CN=C1c2oc3ccoc3c2C(=NC)c2oc3ccoc3c21. The van der Waals surface area contributed by atoms with E-state index in [1.807, 2.05) is 0 Å². The fourth-order valence-corrected chi connectivity index (χ4v) is 3.07. The first kappa shape index (κ1) is 11.6. The fraction of sp³-hybridized carbons (Fsp3) is 0.125. The molecule has 0 bridgehead atoms. The van der Waals surface area contributed by atoms with Crippen LogP contribution < -0.4 is 0 Å². The van der Waals surface area contributed by atoms with Gasteiger partial charge in [0.15, 0.2) is 33.9 Å². The summed E-state index contributed by atoms with van der Waals surface area (Å²) in [6.45, 7) is 0. The van der Waals surface area contributed by atoms with Gasteiger partial charge < -0.3 is 17.7 Å². The lowest BCUT2D eigenvalue weighted by molar-refractivity contribution is 0.591. The number of furan rings is 4. The number of nitrogens with zero attached hydrogens (tertiary/aromatic N) is 2. The summed E-state index contributed by atoms with van der Waals surface area (Å²) in [5.74, 6) is 1.26. The molecule has 4 heterocycles. The summed E-state index contributed by atoms with van der Waals surface area (Å²) in [7, 11) is 3.42. The zero-order valence-electron chi connectivity index (χ0n) is 11.8. The van der Waals surface area contributed by atoms with Crippen LogP contribution in [0.25, 0.3) is 22.3 Å². The minimum atomic E-state index is 0.629. The molecule has 0 N–H and O–H groups in total. The van der Waals surface area contributed by atoms with Gasteiger partial charge in [-0.25, -0.2) is 0 Å². The zero-order valence-corrected chi connectivity index (χ0v) is 11.8. The molecule has 0 radical (unpaired) electrons. The Bertz CT molecular complexity index is 1010. The molecule has 0 aromatic carbocycles. The van der Waals surface area contributed by atoms with Crippen LogP contribution in [0.2, 0.25) is 0 Å². The molecule has 4 aromatic heterocycles. The van der Waals surface area contributed by atoms with E-state index >= 15 is 0 Å². The van der Waals surface area contributed by atoms with Crippen molar-refractivity contribution in [3.63, 3.8) is 0 Å². The molecule has 0 amide bonds. The topological polar surface area (TPSA) is 77.3 Å². The fourth-order valence-electron chi connectivity index (χ4n) is 3.07. The first-order chi connectivity index (χ1) is 10.8. The third kappa shape index (κ3) is 1.17. The minimum absolute atomic E-state index is 0.629. The zero-order chi connectivity index (χ0) is 14.8. The molecule has 0 saturated heterocycles. The maximum atomic E-state index is 5.93. The number of aliphatic imine (C=N–C) groups is 2. The molecule has 0 aliphatic heterocycles. The van der Waals surface area contributed by atoms with Crippen LogP contribution in [0.5, 0.6) is 0 Å². The molecule has 0 fully saturated rings. The van der Waals surface area contributed by atoms with Crippen LogP contribution in [0.3, 0.4) is 0 Å². The maximum absolute atomic E-state index is 5.93. The summed E-state index contributed by atoms with van der Waals surface area (Å²) in [4.78, 5) is 8.76. The van der Waals surface area contributed by atoms with Gasteiger partial charge in [0.25, 0.3) is 0 Å². The van der Waals surface area contributed by atoms with E-state index in [-0.39, 0.29) is 0 Å². The van der Waals surface area contributed by atoms with Crippen molar-refractivity contribution in [1.29, 1.82) is 0 Å². The van der Waals surface area contributed by atoms with Gasteiger partial charge in [-0.05, 0) is 0 Å². The Morgan fingerprint density at radius 3 is 1.59 bits per heavy atom. The van der Waals surface area contributed by atoms with Crippen molar-refractivity contribution in [2.45, 2.75) is 0 Å². The van der Waals surface area contributed by atoms with Crippen LogP contribution in [-0.2, 0) is 0 Å². The van der Waals surface area contributed by atoms with Crippen molar-refractivity contribution < 1.29 is 17.7 Å². The Morgan fingerprint density at radius 2 is 1.18 bits per heavy atom. The lowest BCUT2D eigenvalue weighted by Gasteiger charge is -2.13. The molecule has 5 rings (SSSR count). The quantitative estimate of drug-likeness (QED) is 0.437. The van der Waals surface area contributed by atoms with Crippen molar-refractivity contribution in [1.82, 2.24) is 0 Å². The molecule has 108 valence electrons. The Labute approximate surface area is 123 Å². The number of hydrogen-bond acceptors (Lipinski definition) is 6. The second-order valence-electron chi connectivity index (χ2n) is 4.98. The van der Waals surface area contributed by atoms with Gasteiger partial charge in [-0.1, -0.05) is 0 Å². The minimum Gasteiger partial charge on any atom is -0.460 e. The van der Waals surface area contributed by atoms with E-state index in [0.29, 0.717) is 45.3 Å². The smallest absolute Gasteiger partial charge is 0.182 e. The predicted molar refractivity (Wildman–Crippen MR) is 80.1 cm³/mol. The summed E-state index contributed by atoms with van der Waals surface area (Å²) in [5, 5.41) is 0. The maximum Gasteiger partial charge on any atom is 0.182 e. The van der Waals surface area contributed by atoms with Gasteiger partial charge in [0.2, 0.25) is 0 Å². The Morgan fingerprint density at radius 1 is 0.727 bits per heavy atom. The molecule has 1 aliphatic carbocycles. The van der Waals surface area contributed by atoms with Crippen LogP contribution in [0.15, 0.2) is 52.3 Å². The van der Waals surface area contributed by atoms with Gasteiger partial charge in [0, 0.05) is 26.2 Å². The Hall–Kier alpha value is -3.02. The van der Waals surface area contributed by atoms with E-state index in [1.165, 1.54) is 0 Å². The third-order valence-electron chi connectivity index (χ3n) is 3.94. The highest BCUT2D eigenvalue weighted by molar-refractivity contribution is 6.35. The molecule has 0 atom stereocenters. The molecule has 1 aliphatic rings. The Kier molecular flexibility index (Phi) is 2.00. The van der Waals surface area contributed by atoms with Gasteiger partial charge in [0.1, 0.15) is 11.4 Å². The predicted octanol–water partition coefficient (Wildman–Crippen LogP) is 3.61. The monoisotopic (exact) mass is 294 g/mol. The van der Waals surface area contributed by atoms with Gasteiger partial charge in [-0.2, -0.15) is 0 Å². The first-order valence-electron chi connectivity index (χ1n) is 6.78. The summed E-state index contributed by atoms with van der Waals surface area (Å²) in [6, 6.07) is 3.55. The summed E-state index contributed by atoms with van der Waals surface area (Å²) < 4.78 is 23.0. The average molecular weight is 294 g/mol. The van der Waals surface area contributed by atoms with Crippen molar-refractivity contribution >= 4 is 33.8 Å². The van der Waals surface area contributed by atoms with Crippen LogP contribution in [0.4, 0.5) is 0 Å². The van der Waals surface area contributed by atoms with Crippen molar-refractivity contribution in [3.05, 3.63) is 47.3 Å². The van der Waals surface area contributed by atoms with Crippen LogP contribution >= 0.6 is 0 Å². The second kappa shape index (κ2) is 3.79. The van der Waals surface area contributed by atoms with E-state index in [0.717, 1.165) is 11.1 Å². The third-order valence-corrected chi connectivity index (χ3v) is 3.94. The summed E-state index contributed by atoms with van der Waals surface area (Å²) in [6.07, 6.45) is 3.18. The largest absolute Gasteiger partial charge is 0.460 e. The second-order valence-corrected chi connectivity index (χ2v) is 4.98. The molecule has 0 saturated carbocycles. The Balaban J connectivity index is 1.99. The van der Waals surface area contributed by atoms with Gasteiger partial charge in [-0.15, -0.1) is 0 Å². The van der Waals surface area contributed by atoms with Crippen molar-refractivity contribution in [2.24, 2.45) is 9.98 Å². The van der Waals surface area contributed by atoms with Crippen LogP contribution in [0.1, 0.15) is 22.6 Å². The first-order valence-corrected chi connectivity index (χ1v) is 6.78. The van der Waals surface area contributed by atoms with E-state index < -0.39 is 0 Å². The van der Waals surface area contributed by atoms with Crippen LogP contribution in [-0.4, -0.2) is 25.5 Å². The lowest BCUT2D eigenvalue weighted by atomic mass is 9.92. The standard InChI is InChI=1S/C16H10N2O4/c1-17-11-9-13-7(3-5-19-13)22-16(9)12(18-2)10-14-8(4-6-20-14)21-15(10)11/h3-6H,1-2H3. The van der Waals surface area contributed by atoms with E-state index in [2.05, 4.69) is 9.98 Å². The van der Waals surface area contributed by atoms with Gasteiger partial charge >= 0.3 is 0 Å². The normalized spacial score (nSPS) is 17.7. The molecular formula is C16H10N2O4. The number of hydrogen-bond donors (Lipinski definition) is 0. The highest BCUT2D eigenvalue weighted by atomic mass is 16.4. The average Bonchev–Trinajstić information content (AvgIpc) is 3.24. The van der Waals surface area contributed by atoms with E-state index in [1.54, 1.807) is 38.8 Å². The summed E-state index contributed by atoms with van der Waals surface area (Å²) in [5.41, 5.74) is 5.51. The molecular weight excluding hydrogens is 284 g/mol. The highest BCUT2D eigenvalue weighted by Crippen LogP contribution is 2.40.